The van der Waals surface area contributed by atoms with Crippen LogP contribution in [-0.2, 0) is 9.53 Å². The first-order valence-corrected chi connectivity index (χ1v) is 7.83. The summed E-state index contributed by atoms with van der Waals surface area (Å²) in [4.78, 5) is 15.2. The van der Waals surface area contributed by atoms with Crippen molar-refractivity contribution in [2.45, 2.75) is 51.2 Å². The summed E-state index contributed by atoms with van der Waals surface area (Å²) >= 11 is 0. The van der Waals surface area contributed by atoms with E-state index in [1.165, 1.54) is 5.56 Å². The number of amides is 1. The minimum Gasteiger partial charge on any atom is -0.492 e. The van der Waals surface area contributed by atoms with Crippen molar-refractivity contribution < 1.29 is 9.53 Å². The Morgan fingerprint density at radius 2 is 1.86 bits per heavy atom. The van der Waals surface area contributed by atoms with Gasteiger partial charge in [-0.05, 0) is 44.9 Å². The van der Waals surface area contributed by atoms with Crippen LogP contribution in [-0.4, -0.2) is 17.6 Å². The van der Waals surface area contributed by atoms with Gasteiger partial charge in [-0.2, -0.15) is 0 Å². The Kier molecular flexibility index (Phi) is 2.54. The van der Waals surface area contributed by atoms with Crippen LogP contribution in [0.15, 0.2) is 36.6 Å². The third-order valence-corrected chi connectivity index (χ3v) is 5.76. The predicted octanol–water partition coefficient (Wildman–Crippen LogP) is 3.57. The van der Waals surface area contributed by atoms with Gasteiger partial charge >= 0.3 is 0 Å². The van der Waals surface area contributed by atoms with Gasteiger partial charge in [0.2, 0.25) is 5.91 Å². The van der Waals surface area contributed by atoms with Crippen molar-refractivity contribution in [3.05, 3.63) is 42.2 Å². The number of carbonyl (C=O) groups is 1. The predicted molar refractivity (Wildman–Crippen MR) is 82.0 cm³/mol. The van der Waals surface area contributed by atoms with Crippen LogP contribution in [0.2, 0.25) is 0 Å². The molecular weight excluding hydrogens is 262 g/mol. The third-order valence-electron chi connectivity index (χ3n) is 5.76. The molecule has 1 amide bonds. The van der Waals surface area contributed by atoms with Crippen LogP contribution in [0.1, 0.15) is 38.2 Å². The van der Waals surface area contributed by atoms with Crippen molar-refractivity contribution in [1.82, 2.24) is 0 Å². The molecule has 3 aliphatic rings. The molecular formula is C18H21NO2. The van der Waals surface area contributed by atoms with E-state index in [-0.39, 0.29) is 17.4 Å². The average Bonchev–Trinajstić information content (AvgIpc) is 3.13. The maximum absolute atomic E-state index is 13.2. The molecule has 1 saturated heterocycles. The first-order chi connectivity index (χ1) is 10.1. The summed E-state index contributed by atoms with van der Waals surface area (Å²) in [7, 11) is 0. The Morgan fingerprint density at radius 3 is 2.52 bits per heavy atom. The van der Waals surface area contributed by atoms with Gasteiger partial charge in [0.25, 0.3) is 0 Å². The van der Waals surface area contributed by atoms with E-state index in [0.29, 0.717) is 0 Å². The highest BCUT2D eigenvalue weighted by Crippen LogP contribution is 2.59. The largest absolute Gasteiger partial charge is 0.492 e. The van der Waals surface area contributed by atoms with E-state index in [9.17, 15) is 4.79 Å². The lowest BCUT2D eigenvalue weighted by Crippen LogP contribution is -2.47. The number of carbonyl (C=O) groups excluding carboxylic acids is 1. The highest BCUT2D eigenvalue weighted by Gasteiger charge is 2.69. The van der Waals surface area contributed by atoms with Crippen LogP contribution in [0, 0.1) is 12.3 Å². The van der Waals surface area contributed by atoms with Crippen molar-refractivity contribution in [1.29, 1.82) is 0 Å². The van der Waals surface area contributed by atoms with E-state index in [1.54, 1.807) is 6.26 Å². The molecule has 1 saturated carbocycles. The zero-order chi connectivity index (χ0) is 14.7. The summed E-state index contributed by atoms with van der Waals surface area (Å²) in [5.74, 6) is 0.251. The molecule has 21 heavy (non-hydrogen) atoms. The number of aryl methyl sites for hydroxylation is 1. The molecule has 3 heteroatoms. The normalized spacial score (nSPS) is 32.8. The summed E-state index contributed by atoms with van der Waals surface area (Å²) in [6, 6.07) is 8.26. The first kappa shape index (κ1) is 12.9. The molecule has 110 valence electrons. The smallest absolute Gasteiger partial charge is 0.238 e. The van der Waals surface area contributed by atoms with Crippen molar-refractivity contribution >= 4 is 11.6 Å². The minimum atomic E-state index is -0.411. The Labute approximate surface area is 125 Å². The van der Waals surface area contributed by atoms with Crippen molar-refractivity contribution in [3.8, 4) is 0 Å². The van der Waals surface area contributed by atoms with E-state index in [1.807, 2.05) is 23.1 Å². The number of nitrogens with zero attached hydrogens (tertiary/aromatic N) is 1. The lowest BCUT2D eigenvalue weighted by molar-refractivity contribution is -0.134. The van der Waals surface area contributed by atoms with Gasteiger partial charge in [0, 0.05) is 5.69 Å². The van der Waals surface area contributed by atoms with E-state index in [0.717, 1.165) is 31.4 Å². The average molecular weight is 283 g/mol. The van der Waals surface area contributed by atoms with Gasteiger partial charge in [-0.1, -0.05) is 30.5 Å². The number of anilines is 1. The number of ether oxygens (including phenoxy) is 1. The molecule has 0 aromatic heterocycles. The highest BCUT2D eigenvalue weighted by molar-refractivity contribution is 6.03. The Hall–Kier alpha value is -1.77. The molecule has 2 atom stereocenters. The minimum absolute atomic E-state index is 0.0193. The lowest BCUT2D eigenvalue weighted by Gasteiger charge is -2.36. The Bertz CT molecular complexity index is 613. The second-order valence-corrected chi connectivity index (χ2v) is 6.80. The van der Waals surface area contributed by atoms with Crippen molar-refractivity contribution in [3.63, 3.8) is 0 Å². The number of benzene rings is 1. The van der Waals surface area contributed by atoms with Crippen LogP contribution < -0.4 is 4.90 Å². The van der Waals surface area contributed by atoms with Crippen LogP contribution >= 0.6 is 0 Å². The van der Waals surface area contributed by atoms with Gasteiger partial charge in [-0.3, -0.25) is 4.79 Å². The standard InChI is InChI=1S/C18H21NO2/c1-13-5-7-14(8-6-13)19-15-9-12-21-17(15,2)18(16(19)20)10-3-4-11-18/h5-9,12,15H,3-4,10-11H2,1-2H3/t15-,17+/m1/s1. The topological polar surface area (TPSA) is 29.5 Å². The molecule has 0 unspecified atom stereocenters. The van der Waals surface area contributed by atoms with E-state index < -0.39 is 5.60 Å². The molecule has 1 aromatic rings. The van der Waals surface area contributed by atoms with Gasteiger partial charge in [-0.15, -0.1) is 0 Å². The molecule has 2 aliphatic heterocycles. The fourth-order valence-corrected chi connectivity index (χ4v) is 4.48. The van der Waals surface area contributed by atoms with Gasteiger partial charge in [0.15, 0.2) is 0 Å². The molecule has 2 fully saturated rings. The fourth-order valence-electron chi connectivity index (χ4n) is 4.48. The summed E-state index contributed by atoms with van der Waals surface area (Å²) in [6.07, 6.45) is 7.98. The molecule has 3 nitrogen and oxygen atoms in total. The zero-order valence-corrected chi connectivity index (χ0v) is 12.6. The molecule has 1 aliphatic carbocycles. The maximum atomic E-state index is 13.2. The molecule has 1 aromatic carbocycles. The van der Waals surface area contributed by atoms with Gasteiger partial charge in [0.1, 0.15) is 5.60 Å². The SMILES string of the molecule is Cc1ccc(N2C(=O)C3(CCCC3)[C@@]3(C)OC=C[C@@H]23)cc1. The molecule has 0 radical (unpaired) electrons. The van der Waals surface area contributed by atoms with E-state index >= 15 is 0 Å². The van der Waals surface area contributed by atoms with E-state index in [4.69, 9.17) is 4.74 Å². The molecule has 0 N–H and O–H groups in total. The number of hydrogen-bond acceptors (Lipinski definition) is 2. The summed E-state index contributed by atoms with van der Waals surface area (Å²) < 4.78 is 6.00. The Morgan fingerprint density at radius 1 is 1.19 bits per heavy atom. The first-order valence-electron chi connectivity index (χ1n) is 7.83. The number of rotatable bonds is 1. The van der Waals surface area contributed by atoms with Gasteiger partial charge < -0.3 is 9.64 Å². The quantitative estimate of drug-likeness (QED) is 0.788. The van der Waals surface area contributed by atoms with Crippen LogP contribution in [0.5, 0.6) is 0 Å². The number of fused-ring (bicyclic) bond motifs is 2. The summed E-state index contributed by atoms with van der Waals surface area (Å²) in [5.41, 5.74) is 1.44. The maximum Gasteiger partial charge on any atom is 0.238 e. The zero-order valence-electron chi connectivity index (χ0n) is 12.6. The van der Waals surface area contributed by atoms with Crippen LogP contribution in [0.25, 0.3) is 0 Å². The third kappa shape index (κ3) is 1.47. The van der Waals surface area contributed by atoms with Crippen molar-refractivity contribution in [2.24, 2.45) is 5.41 Å². The molecule has 4 rings (SSSR count). The lowest BCUT2D eigenvalue weighted by atomic mass is 9.71. The summed E-state index contributed by atoms with van der Waals surface area (Å²) in [5, 5.41) is 0. The fraction of sp³-hybridized carbons (Fsp3) is 0.500. The van der Waals surface area contributed by atoms with Crippen LogP contribution in [0.3, 0.4) is 0 Å². The van der Waals surface area contributed by atoms with E-state index in [2.05, 4.69) is 26.0 Å². The summed E-state index contributed by atoms with van der Waals surface area (Å²) in [6.45, 7) is 4.19. The van der Waals surface area contributed by atoms with Gasteiger partial charge in [0.05, 0.1) is 17.7 Å². The highest BCUT2D eigenvalue weighted by atomic mass is 16.5. The molecule has 0 bridgehead atoms. The number of hydrogen-bond donors (Lipinski definition) is 0. The second-order valence-electron chi connectivity index (χ2n) is 6.80. The Balaban J connectivity index is 1.83. The van der Waals surface area contributed by atoms with Crippen LogP contribution in [0.4, 0.5) is 5.69 Å². The monoisotopic (exact) mass is 283 g/mol. The van der Waals surface area contributed by atoms with Gasteiger partial charge in [-0.25, -0.2) is 0 Å². The molecule has 2 heterocycles. The molecule has 1 spiro atoms. The second kappa shape index (κ2) is 4.12. The van der Waals surface area contributed by atoms with Crippen molar-refractivity contribution in [2.75, 3.05) is 4.90 Å².